The van der Waals surface area contributed by atoms with Crippen LogP contribution in [0.5, 0.6) is 0 Å². The zero-order chi connectivity index (χ0) is 16.8. The van der Waals surface area contributed by atoms with Gasteiger partial charge in [0.05, 0.1) is 11.7 Å². The maximum atomic E-state index is 12.5. The summed E-state index contributed by atoms with van der Waals surface area (Å²) in [6.45, 7) is 6.72. The molecule has 2 rings (SSSR count). The molecule has 0 unspecified atom stereocenters. The number of aromatic nitrogens is 1. The fourth-order valence-electron chi connectivity index (χ4n) is 2.48. The summed E-state index contributed by atoms with van der Waals surface area (Å²) in [6, 6.07) is 11.3. The first-order chi connectivity index (χ1) is 11.0. The molecule has 5 nitrogen and oxygen atoms in total. The van der Waals surface area contributed by atoms with Crippen LogP contribution in [0.3, 0.4) is 0 Å². The topological polar surface area (TPSA) is 58.4 Å². The van der Waals surface area contributed by atoms with Crippen LogP contribution in [0.1, 0.15) is 44.6 Å². The number of nitrogens with one attached hydrogen (secondary N) is 1. The second-order valence-electron chi connectivity index (χ2n) is 6.07. The van der Waals surface area contributed by atoms with E-state index < -0.39 is 0 Å². The van der Waals surface area contributed by atoms with Gasteiger partial charge in [0, 0.05) is 24.2 Å². The second-order valence-corrected chi connectivity index (χ2v) is 6.07. The van der Waals surface area contributed by atoms with Gasteiger partial charge >= 0.3 is 0 Å². The summed E-state index contributed by atoms with van der Waals surface area (Å²) in [5.41, 5.74) is 1.66. The van der Waals surface area contributed by atoms with E-state index >= 15 is 0 Å². The van der Waals surface area contributed by atoms with E-state index in [2.05, 4.69) is 24.3 Å². The van der Waals surface area contributed by atoms with Crippen LogP contribution in [-0.4, -0.2) is 29.1 Å². The molecular formula is C18H25N3O2. The van der Waals surface area contributed by atoms with E-state index in [-0.39, 0.29) is 11.9 Å². The summed E-state index contributed by atoms with van der Waals surface area (Å²) in [7, 11) is 1.93. The molecule has 23 heavy (non-hydrogen) atoms. The minimum absolute atomic E-state index is 0.00576. The number of para-hydroxylation sites is 1. The number of carbonyl (C=O) groups is 1. The standard InChI is InChI=1S/C18H25N3O2/c1-5-16(18(22)19-14-9-7-6-8-10-14)21(4)12-15-11-17(13(2)3)23-20-15/h6-11,13,16H,5,12H2,1-4H3,(H,19,22)/t16-/m1/s1. The first-order valence-electron chi connectivity index (χ1n) is 8.03. The van der Waals surface area contributed by atoms with Crippen molar-refractivity contribution in [3.63, 3.8) is 0 Å². The lowest BCUT2D eigenvalue weighted by molar-refractivity contribution is -0.121. The molecular weight excluding hydrogens is 290 g/mol. The van der Waals surface area contributed by atoms with Crippen molar-refractivity contribution in [1.29, 1.82) is 0 Å². The van der Waals surface area contributed by atoms with E-state index in [0.29, 0.717) is 12.5 Å². The number of benzene rings is 1. The highest BCUT2D eigenvalue weighted by Gasteiger charge is 2.22. The molecule has 0 saturated heterocycles. The summed E-state index contributed by atoms with van der Waals surface area (Å²) >= 11 is 0. The predicted molar refractivity (Wildman–Crippen MR) is 91.2 cm³/mol. The number of carbonyl (C=O) groups excluding carboxylic acids is 1. The average Bonchev–Trinajstić information content (AvgIpc) is 2.97. The van der Waals surface area contributed by atoms with E-state index in [1.54, 1.807) is 0 Å². The number of hydrogen-bond acceptors (Lipinski definition) is 4. The summed E-state index contributed by atoms with van der Waals surface area (Å²) in [6.07, 6.45) is 0.726. The molecule has 124 valence electrons. The van der Waals surface area contributed by atoms with Gasteiger partial charge in [0.2, 0.25) is 5.91 Å². The molecule has 0 radical (unpaired) electrons. The zero-order valence-corrected chi connectivity index (χ0v) is 14.2. The third kappa shape index (κ3) is 4.66. The first kappa shape index (κ1) is 17.2. The van der Waals surface area contributed by atoms with E-state index in [0.717, 1.165) is 23.6 Å². The van der Waals surface area contributed by atoms with Crippen molar-refractivity contribution >= 4 is 11.6 Å². The van der Waals surface area contributed by atoms with Gasteiger partial charge in [0.15, 0.2) is 0 Å². The predicted octanol–water partition coefficient (Wildman–Crippen LogP) is 3.65. The summed E-state index contributed by atoms with van der Waals surface area (Å²) < 4.78 is 5.32. The van der Waals surface area contributed by atoms with Gasteiger partial charge in [0.1, 0.15) is 5.76 Å². The lowest BCUT2D eigenvalue weighted by Crippen LogP contribution is -2.41. The van der Waals surface area contributed by atoms with Crippen LogP contribution in [-0.2, 0) is 11.3 Å². The van der Waals surface area contributed by atoms with Crippen LogP contribution in [0.15, 0.2) is 40.9 Å². The van der Waals surface area contributed by atoms with Crippen LogP contribution in [0.4, 0.5) is 5.69 Å². The monoisotopic (exact) mass is 315 g/mol. The van der Waals surface area contributed by atoms with Crippen LogP contribution >= 0.6 is 0 Å². The van der Waals surface area contributed by atoms with E-state index in [9.17, 15) is 4.79 Å². The molecule has 0 fully saturated rings. The maximum absolute atomic E-state index is 12.5. The molecule has 5 heteroatoms. The number of likely N-dealkylation sites (N-methyl/N-ethyl adjacent to an activating group) is 1. The lowest BCUT2D eigenvalue weighted by atomic mass is 10.1. The Balaban J connectivity index is 1.99. The third-order valence-electron chi connectivity index (χ3n) is 3.82. The fourth-order valence-corrected chi connectivity index (χ4v) is 2.48. The van der Waals surface area contributed by atoms with Gasteiger partial charge in [-0.25, -0.2) is 0 Å². The van der Waals surface area contributed by atoms with Gasteiger partial charge in [0.25, 0.3) is 0 Å². The van der Waals surface area contributed by atoms with Crippen LogP contribution < -0.4 is 5.32 Å². The van der Waals surface area contributed by atoms with E-state index in [1.165, 1.54) is 0 Å². The maximum Gasteiger partial charge on any atom is 0.241 e. The number of anilines is 1. The molecule has 1 N–H and O–H groups in total. The Morgan fingerprint density at radius 3 is 2.57 bits per heavy atom. The Hall–Kier alpha value is -2.14. The second kappa shape index (κ2) is 7.92. The van der Waals surface area contributed by atoms with Crippen molar-refractivity contribution < 1.29 is 9.32 Å². The van der Waals surface area contributed by atoms with Crippen LogP contribution in [0.25, 0.3) is 0 Å². The SMILES string of the molecule is CC[C@H](C(=O)Nc1ccccc1)N(C)Cc1cc(C(C)C)on1. The van der Waals surface area contributed by atoms with Crippen molar-refractivity contribution in [2.75, 3.05) is 12.4 Å². The summed E-state index contributed by atoms with van der Waals surface area (Å²) in [5.74, 6) is 1.17. The molecule has 0 aliphatic heterocycles. The molecule has 1 heterocycles. The molecule has 0 saturated carbocycles. The summed E-state index contributed by atoms with van der Waals surface area (Å²) in [4.78, 5) is 14.5. The highest BCUT2D eigenvalue weighted by molar-refractivity contribution is 5.94. The Morgan fingerprint density at radius 2 is 2.00 bits per heavy atom. The first-order valence-corrected chi connectivity index (χ1v) is 8.03. The van der Waals surface area contributed by atoms with Gasteiger partial charge in [-0.15, -0.1) is 0 Å². The fraction of sp³-hybridized carbons (Fsp3) is 0.444. The molecule has 1 aromatic heterocycles. The molecule has 2 aromatic rings. The van der Waals surface area contributed by atoms with Crippen molar-refractivity contribution in [3.8, 4) is 0 Å². The van der Waals surface area contributed by atoms with E-state index in [4.69, 9.17) is 4.52 Å². The zero-order valence-electron chi connectivity index (χ0n) is 14.2. The van der Waals surface area contributed by atoms with Crippen LogP contribution in [0, 0.1) is 0 Å². The van der Waals surface area contributed by atoms with Gasteiger partial charge in [-0.05, 0) is 25.6 Å². The van der Waals surface area contributed by atoms with Crippen molar-refractivity contribution in [3.05, 3.63) is 47.9 Å². The van der Waals surface area contributed by atoms with E-state index in [1.807, 2.05) is 55.3 Å². The Bertz CT molecular complexity index is 622. The molecule has 0 spiro atoms. The van der Waals surface area contributed by atoms with Crippen molar-refractivity contribution in [2.24, 2.45) is 0 Å². The number of rotatable bonds is 7. The number of nitrogens with zero attached hydrogens (tertiary/aromatic N) is 2. The highest BCUT2D eigenvalue weighted by atomic mass is 16.5. The minimum Gasteiger partial charge on any atom is -0.361 e. The number of hydrogen-bond donors (Lipinski definition) is 1. The van der Waals surface area contributed by atoms with Crippen molar-refractivity contribution in [1.82, 2.24) is 10.1 Å². The van der Waals surface area contributed by atoms with Gasteiger partial charge < -0.3 is 9.84 Å². The minimum atomic E-state index is -0.214. The quantitative estimate of drug-likeness (QED) is 0.847. The van der Waals surface area contributed by atoms with Crippen LogP contribution in [0.2, 0.25) is 0 Å². The average molecular weight is 315 g/mol. The summed E-state index contributed by atoms with van der Waals surface area (Å²) in [5, 5.41) is 7.05. The molecule has 0 bridgehead atoms. The Labute approximate surface area is 137 Å². The third-order valence-corrected chi connectivity index (χ3v) is 3.82. The van der Waals surface area contributed by atoms with Gasteiger partial charge in [-0.3, -0.25) is 9.69 Å². The smallest absolute Gasteiger partial charge is 0.241 e. The van der Waals surface area contributed by atoms with Gasteiger partial charge in [-0.1, -0.05) is 44.1 Å². The van der Waals surface area contributed by atoms with Gasteiger partial charge in [-0.2, -0.15) is 0 Å². The molecule has 1 aromatic carbocycles. The molecule has 1 atom stereocenters. The normalized spacial score (nSPS) is 12.6. The van der Waals surface area contributed by atoms with Crippen molar-refractivity contribution in [2.45, 2.75) is 45.7 Å². The Morgan fingerprint density at radius 1 is 1.30 bits per heavy atom. The highest BCUT2D eigenvalue weighted by Crippen LogP contribution is 2.17. The molecule has 0 aliphatic carbocycles. The molecule has 0 aliphatic rings. The largest absolute Gasteiger partial charge is 0.361 e. The number of amides is 1. The Kier molecular flexibility index (Phi) is 5.93. The molecule has 1 amide bonds. The lowest BCUT2D eigenvalue weighted by Gasteiger charge is -2.25.